The SMILES string of the molecule is CCCC(C)n1cc(-c2cccc(N)c2)cn1. The second kappa shape index (κ2) is 5.04. The van der Waals surface area contributed by atoms with Crippen molar-refractivity contribution in [1.82, 2.24) is 9.78 Å². The molecule has 0 radical (unpaired) electrons. The smallest absolute Gasteiger partial charge is 0.0568 e. The van der Waals surface area contributed by atoms with Gasteiger partial charge in [-0.1, -0.05) is 25.5 Å². The normalized spacial score (nSPS) is 12.6. The maximum Gasteiger partial charge on any atom is 0.0568 e. The van der Waals surface area contributed by atoms with E-state index < -0.39 is 0 Å². The molecule has 0 bridgehead atoms. The Morgan fingerprint density at radius 2 is 2.18 bits per heavy atom. The number of nitrogens with zero attached hydrogens (tertiary/aromatic N) is 2. The van der Waals surface area contributed by atoms with Crippen LogP contribution in [-0.4, -0.2) is 9.78 Å². The fraction of sp³-hybridized carbons (Fsp3) is 0.357. The van der Waals surface area contributed by atoms with Crippen LogP contribution < -0.4 is 5.73 Å². The van der Waals surface area contributed by atoms with Crippen LogP contribution in [-0.2, 0) is 0 Å². The molecule has 0 amide bonds. The van der Waals surface area contributed by atoms with Crippen molar-refractivity contribution >= 4 is 5.69 Å². The standard InChI is InChI=1S/C14H19N3/c1-3-5-11(2)17-10-13(9-16-17)12-6-4-7-14(15)8-12/h4,6-11H,3,5,15H2,1-2H3. The van der Waals surface area contributed by atoms with Gasteiger partial charge in [-0.25, -0.2) is 0 Å². The van der Waals surface area contributed by atoms with E-state index in [0.717, 1.165) is 23.2 Å². The zero-order chi connectivity index (χ0) is 12.3. The second-order valence-corrected chi connectivity index (χ2v) is 4.47. The lowest BCUT2D eigenvalue weighted by atomic mass is 10.1. The Hall–Kier alpha value is -1.77. The van der Waals surface area contributed by atoms with Crippen LogP contribution in [0.3, 0.4) is 0 Å². The Balaban J connectivity index is 2.23. The van der Waals surface area contributed by atoms with Crippen molar-refractivity contribution in [3.05, 3.63) is 36.7 Å². The summed E-state index contributed by atoms with van der Waals surface area (Å²) in [5, 5.41) is 4.42. The highest BCUT2D eigenvalue weighted by atomic mass is 15.3. The molecule has 2 N–H and O–H groups in total. The molecule has 0 saturated heterocycles. The topological polar surface area (TPSA) is 43.8 Å². The third kappa shape index (κ3) is 2.67. The lowest BCUT2D eigenvalue weighted by Crippen LogP contribution is -2.04. The van der Waals surface area contributed by atoms with E-state index in [-0.39, 0.29) is 0 Å². The minimum Gasteiger partial charge on any atom is -0.399 e. The minimum absolute atomic E-state index is 0.454. The molecule has 90 valence electrons. The van der Waals surface area contributed by atoms with Gasteiger partial charge < -0.3 is 5.73 Å². The van der Waals surface area contributed by atoms with Gasteiger partial charge in [-0.2, -0.15) is 5.10 Å². The first-order valence-electron chi connectivity index (χ1n) is 6.10. The highest BCUT2D eigenvalue weighted by molar-refractivity contribution is 5.65. The molecular weight excluding hydrogens is 210 g/mol. The first-order chi connectivity index (χ1) is 8.20. The molecule has 2 aromatic rings. The molecular formula is C14H19N3. The van der Waals surface area contributed by atoms with E-state index in [0.29, 0.717) is 6.04 Å². The zero-order valence-corrected chi connectivity index (χ0v) is 10.4. The summed E-state index contributed by atoms with van der Waals surface area (Å²) < 4.78 is 2.03. The highest BCUT2D eigenvalue weighted by Gasteiger charge is 2.06. The number of benzene rings is 1. The lowest BCUT2D eigenvalue weighted by Gasteiger charge is -2.09. The van der Waals surface area contributed by atoms with E-state index in [2.05, 4.69) is 31.2 Å². The van der Waals surface area contributed by atoms with Crippen molar-refractivity contribution in [2.45, 2.75) is 32.7 Å². The predicted octanol–water partition coefficient (Wildman–Crippen LogP) is 3.49. The molecule has 1 aromatic heterocycles. The summed E-state index contributed by atoms with van der Waals surface area (Å²) in [5.41, 5.74) is 8.82. The van der Waals surface area contributed by atoms with Gasteiger partial charge in [0.1, 0.15) is 0 Å². The molecule has 1 aromatic carbocycles. The Bertz CT molecular complexity index is 488. The number of rotatable bonds is 4. The van der Waals surface area contributed by atoms with Crippen molar-refractivity contribution in [3.8, 4) is 11.1 Å². The van der Waals surface area contributed by atoms with E-state index in [1.54, 1.807) is 0 Å². The van der Waals surface area contributed by atoms with E-state index in [4.69, 9.17) is 5.73 Å². The molecule has 1 atom stereocenters. The molecule has 0 fully saturated rings. The molecule has 0 aliphatic heterocycles. The van der Waals surface area contributed by atoms with E-state index in [1.165, 1.54) is 6.42 Å². The molecule has 0 spiro atoms. The summed E-state index contributed by atoms with van der Waals surface area (Å²) in [4.78, 5) is 0. The van der Waals surface area contributed by atoms with Gasteiger partial charge in [-0.05, 0) is 31.0 Å². The Labute approximate surface area is 102 Å². The van der Waals surface area contributed by atoms with Crippen LogP contribution in [0.15, 0.2) is 36.7 Å². The number of hydrogen-bond donors (Lipinski definition) is 1. The first kappa shape index (κ1) is 11.7. The fourth-order valence-corrected chi connectivity index (χ4v) is 2.00. The van der Waals surface area contributed by atoms with Gasteiger partial charge in [0.05, 0.1) is 6.20 Å². The van der Waals surface area contributed by atoms with Gasteiger partial charge >= 0.3 is 0 Å². The molecule has 0 saturated carbocycles. The molecule has 3 nitrogen and oxygen atoms in total. The average Bonchev–Trinajstić information content (AvgIpc) is 2.78. The Morgan fingerprint density at radius 1 is 1.35 bits per heavy atom. The van der Waals surface area contributed by atoms with Gasteiger partial charge in [0.2, 0.25) is 0 Å². The van der Waals surface area contributed by atoms with E-state index >= 15 is 0 Å². The molecule has 0 aliphatic rings. The summed E-state index contributed by atoms with van der Waals surface area (Å²) >= 11 is 0. The van der Waals surface area contributed by atoms with Crippen LogP contribution in [0.5, 0.6) is 0 Å². The Morgan fingerprint density at radius 3 is 2.88 bits per heavy atom. The van der Waals surface area contributed by atoms with Gasteiger partial charge in [-0.3, -0.25) is 4.68 Å². The summed E-state index contributed by atoms with van der Waals surface area (Å²) in [6.07, 6.45) is 6.32. The maximum absolute atomic E-state index is 5.78. The van der Waals surface area contributed by atoms with Crippen LogP contribution in [0.1, 0.15) is 32.7 Å². The van der Waals surface area contributed by atoms with Crippen molar-refractivity contribution < 1.29 is 0 Å². The van der Waals surface area contributed by atoms with Crippen molar-refractivity contribution in [1.29, 1.82) is 0 Å². The van der Waals surface area contributed by atoms with Crippen LogP contribution in [0.4, 0.5) is 5.69 Å². The monoisotopic (exact) mass is 229 g/mol. The maximum atomic E-state index is 5.78. The lowest BCUT2D eigenvalue weighted by molar-refractivity contribution is 0.455. The molecule has 0 aliphatic carbocycles. The summed E-state index contributed by atoms with van der Waals surface area (Å²) in [7, 11) is 0. The van der Waals surface area contributed by atoms with Crippen LogP contribution in [0, 0.1) is 0 Å². The molecule has 1 unspecified atom stereocenters. The molecule has 3 heteroatoms. The minimum atomic E-state index is 0.454. The van der Waals surface area contributed by atoms with Gasteiger partial charge in [0.15, 0.2) is 0 Å². The van der Waals surface area contributed by atoms with Crippen molar-refractivity contribution in [2.24, 2.45) is 0 Å². The fourth-order valence-electron chi connectivity index (χ4n) is 2.00. The first-order valence-corrected chi connectivity index (χ1v) is 6.10. The third-order valence-electron chi connectivity index (χ3n) is 2.98. The summed E-state index contributed by atoms with van der Waals surface area (Å²) in [5.74, 6) is 0. The van der Waals surface area contributed by atoms with Gasteiger partial charge in [-0.15, -0.1) is 0 Å². The van der Waals surface area contributed by atoms with E-state index in [1.807, 2.05) is 29.1 Å². The predicted molar refractivity (Wildman–Crippen MR) is 71.7 cm³/mol. The Kier molecular flexibility index (Phi) is 3.47. The summed E-state index contributed by atoms with van der Waals surface area (Å²) in [6.45, 7) is 4.39. The summed E-state index contributed by atoms with van der Waals surface area (Å²) in [6, 6.07) is 8.36. The average molecular weight is 229 g/mol. The van der Waals surface area contributed by atoms with Crippen molar-refractivity contribution in [2.75, 3.05) is 5.73 Å². The van der Waals surface area contributed by atoms with Crippen LogP contribution in [0.2, 0.25) is 0 Å². The quantitative estimate of drug-likeness (QED) is 0.815. The van der Waals surface area contributed by atoms with Crippen molar-refractivity contribution in [3.63, 3.8) is 0 Å². The molecule has 1 heterocycles. The number of anilines is 1. The second-order valence-electron chi connectivity index (χ2n) is 4.47. The molecule has 2 rings (SSSR count). The number of hydrogen-bond acceptors (Lipinski definition) is 2. The van der Waals surface area contributed by atoms with E-state index in [9.17, 15) is 0 Å². The third-order valence-corrected chi connectivity index (χ3v) is 2.98. The largest absolute Gasteiger partial charge is 0.399 e. The van der Waals surface area contributed by atoms with Gasteiger partial charge in [0.25, 0.3) is 0 Å². The van der Waals surface area contributed by atoms with Crippen LogP contribution >= 0.6 is 0 Å². The van der Waals surface area contributed by atoms with Crippen LogP contribution in [0.25, 0.3) is 11.1 Å². The number of nitrogens with two attached hydrogens (primary N) is 1. The molecule has 17 heavy (non-hydrogen) atoms. The number of nitrogen functional groups attached to an aromatic ring is 1. The highest BCUT2D eigenvalue weighted by Crippen LogP contribution is 2.22. The van der Waals surface area contributed by atoms with Gasteiger partial charge in [0, 0.05) is 23.5 Å². The zero-order valence-electron chi connectivity index (χ0n) is 10.4. The number of aromatic nitrogens is 2.